The van der Waals surface area contributed by atoms with Gasteiger partial charge >= 0.3 is 6.09 Å². The number of anilines is 1. The minimum atomic E-state index is -1.17. The molecule has 0 saturated carbocycles. The van der Waals surface area contributed by atoms with E-state index in [1.165, 1.54) is 0 Å². The van der Waals surface area contributed by atoms with E-state index in [9.17, 15) is 14.7 Å². The molecule has 0 aromatic heterocycles. The van der Waals surface area contributed by atoms with Crippen molar-refractivity contribution in [3.63, 3.8) is 0 Å². The lowest BCUT2D eigenvalue weighted by molar-refractivity contribution is -0.122. The Hall–Kier alpha value is -2.53. The fraction of sp³-hybridized carbons (Fsp3) is 0.300. The van der Waals surface area contributed by atoms with Gasteiger partial charge in [-0.2, -0.15) is 0 Å². The Kier molecular flexibility index (Phi) is 5.93. The first kappa shape index (κ1) is 19.8. The molecule has 1 atom stereocenters. The maximum Gasteiger partial charge on any atom is 0.408 e. The van der Waals surface area contributed by atoms with Crippen LogP contribution in [0, 0.1) is 6.92 Å². The van der Waals surface area contributed by atoms with Crippen LogP contribution in [0.25, 0.3) is 0 Å². The number of hydrogen-bond acceptors (Lipinski definition) is 2. The molecule has 0 bridgehead atoms. The maximum atomic E-state index is 13.1. The quantitative estimate of drug-likeness (QED) is 0.781. The molecule has 2 amide bonds. The molecule has 2 N–H and O–H groups in total. The molecule has 138 valence electrons. The molecule has 5 nitrogen and oxygen atoms in total. The Morgan fingerprint density at radius 2 is 1.69 bits per heavy atom. The summed E-state index contributed by atoms with van der Waals surface area (Å²) in [6.07, 6.45) is -1.17. The summed E-state index contributed by atoms with van der Waals surface area (Å²) in [5.74, 6) is -0.454. The van der Waals surface area contributed by atoms with E-state index in [4.69, 9.17) is 11.6 Å². The average Bonchev–Trinajstić information content (AvgIpc) is 2.55. The maximum absolute atomic E-state index is 13.1. The molecule has 0 radical (unpaired) electrons. The van der Waals surface area contributed by atoms with Gasteiger partial charge in [0.1, 0.15) is 6.04 Å². The molecule has 2 aromatic carbocycles. The van der Waals surface area contributed by atoms with Crippen molar-refractivity contribution >= 4 is 29.3 Å². The van der Waals surface area contributed by atoms with Crippen LogP contribution >= 0.6 is 11.6 Å². The fourth-order valence-corrected chi connectivity index (χ4v) is 3.09. The van der Waals surface area contributed by atoms with Crippen LogP contribution < -0.4 is 5.32 Å². The highest BCUT2D eigenvalue weighted by Crippen LogP contribution is 2.32. The van der Waals surface area contributed by atoms with Crippen LogP contribution in [0.1, 0.15) is 37.9 Å². The van der Waals surface area contributed by atoms with Crippen molar-refractivity contribution < 1.29 is 14.7 Å². The second-order valence-electron chi connectivity index (χ2n) is 7.06. The van der Waals surface area contributed by atoms with E-state index >= 15 is 0 Å². The molecule has 0 heterocycles. The number of carboxylic acid groups (broad SMARTS) is 1. The molecule has 2 aromatic rings. The standard InChI is InChI=1S/C20H23ClN2O3/c1-13-9-8-12-15(21)16(13)22-18(24)17(14-10-6-5-7-11-14)23(19(25)26)20(2,3)4/h5-12,17H,1-4H3,(H,22,24)(H,25,26). The molecule has 0 aliphatic heterocycles. The van der Waals surface area contributed by atoms with Gasteiger partial charge in [0.25, 0.3) is 5.91 Å². The van der Waals surface area contributed by atoms with Gasteiger partial charge in [0.2, 0.25) is 0 Å². The van der Waals surface area contributed by atoms with Crippen molar-refractivity contribution in [2.75, 3.05) is 5.32 Å². The highest BCUT2D eigenvalue weighted by Gasteiger charge is 2.38. The van der Waals surface area contributed by atoms with E-state index in [0.29, 0.717) is 16.3 Å². The van der Waals surface area contributed by atoms with E-state index in [2.05, 4.69) is 5.32 Å². The van der Waals surface area contributed by atoms with Gasteiger partial charge in [0.15, 0.2) is 0 Å². The van der Waals surface area contributed by atoms with Gasteiger partial charge in [0.05, 0.1) is 10.7 Å². The van der Waals surface area contributed by atoms with Crippen LogP contribution in [0.15, 0.2) is 48.5 Å². The Morgan fingerprint density at radius 1 is 1.08 bits per heavy atom. The van der Waals surface area contributed by atoms with E-state index in [0.717, 1.165) is 10.5 Å². The van der Waals surface area contributed by atoms with Crippen LogP contribution in [0.3, 0.4) is 0 Å². The zero-order chi connectivity index (χ0) is 19.5. The first-order valence-electron chi connectivity index (χ1n) is 8.26. The molecule has 1 unspecified atom stereocenters. The van der Waals surface area contributed by atoms with Gasteiger partial charge in [-0.1, -0.05) is 54.1 Å². The third kappa shape index (κ3) is 4.35. The Labute approximate surface area is 158 Å². The lowest BCUT2D eigenvalue weighted by Gasteiger charge is -2.39. The molecule has 6 heteroatoms. The summed E-state index contributed by atoms with van der Waals surface area (Å²) in [6.45, 7) is 7.10. The van der Waals surface area contributed by atoms with Gasteiger partial charge in [-0.3, -0.25) is 9.69 Å². The molecule has 0 spiro atoms. The first-order valence-corrected chi connectivity index (χ1v) is 8.64. The summed E-state index contributed by atoms with van der Waals surface area (Å²) in [6, 6.07) is 13.1. The third-order valence-electron chi connectivity index (χ3n) is 4.02. The van der Waals surface area contributed by atoms with E-state index in [-0.39, 0.29) is 0 Å². The SMILES string of the molecule is Cc1cccc(Cl)c1NC(=O)C(c1ccccc1)N(C(=O)O)C(C)(C)C. The van der Waals surface area contributed by atoms with Crippen molar-refractivity contribution in [2.24, 2.45) is 0 Å². The van der Waals surface area contributed by atoms with Crippen LogP contribution in [0.2, 0.25) is 5.02 Å². The second-order valence-corrected chi connectivity index (χ2v) is 7.46. The number of carbonyl (C=O) groups excluding carboxylic acids is 1. The van der Waals surface area contributed by atoms with E-state index in [1.54, 1.807) is 57.2 Å². The number of benzene rings is 2. The second kappa shape index (κ2) is 7.79. The summed E-state index contributed by atoms with van der Waals surface area (Å²) < 4.78 is 0. The molecular weight excluding hydrogens is 352 g/mol. The number of hydrogen-bond donors (Lipinski definition) is 2. The van der Waals surface area contributed by atoms with Gasteiger partial charge in [-0.15, -0.1) is 0 Å². The van der Waals surface area contributed by atoms with Crippen LogP contribution in [0.4, 0.5) is 10.5 Å². The number of para-hydroxylation sites is 1. The van der Waals surface area contributed by atoms with E-state index < -0.39 is 23.6 Å². The van der Waals surface area contributed by atoms with Gasteiger partial charge in [-0.05, 0) is 44.9 Å². The minimum absolute atomic E-state index is 0.405. The number of aryl methyl sites for hydroxylation is 1. The van der Waals surface area contributed by atoms with Crippen molar-refractivity contribution in [3.05, 3.63) is 64.7 Å². The van der Waals surface area contributed by atoms with Crippen molar-refractivity contribution in [3.8, 4) is 0 Å². The van der Waals surface area contributed by atoms with Crippen LogP contribution in [-0.4, -0.2) is 27.5 Å². The molecule has 0 aliphatic carbocycles. The molecule has 26 heavy (non-hydrogen) atoms. The van der Waals surface area contributed by atoms with Crippen molar-refractivity contribution in [1.29, 1.82) is 0 Å². The molecule has 2 rings (SSSR count). The zero-order valence-electron chi connectivity index (χ0n) is 15.3. The first-order chi connectivity index (χ1) is 12.1. The summed E-state index contributed by atoms with van der Waals surface area (Å²) in [7, 11) is 0. The predicted octanol–water partition coefficient (Wildman–Crippen LogP) is 5.11. The summed E-state index contributed by atoms with van der Waals surface area (Å²) in [5.41, 5.74) is 1.10. The number of carbonyl (C=O) groups is 2. The topological polar surface area (TPSA) is 69.6 Å². The molecular formula is C20H23ClN2O3. The van der Waals surface area contributed by atoms with Crippen molar-refractivity contribution in [2.45, 2.75) is 39.3 Å². The van der Waals surface area contributed by atoms with E-state index in [1.807, 2.05) is 19.1 Å². The highest BCUT2D eigenvalue weighted by atomic mass is 35.5. The predicted molar refractivity (Wildman–Crippen MR) is 104 cm³/mol. The Balaban J connectivity index is 2.50. The smallest absolute Gasteiger partial charge is 0.408 e. The van der Waals surface area contributed by atoms with Gasteiger partial charge in [-0.25, -0.2) is 4.79 Å². The lowest BCUT2D eigenvalue weighted by Crippen LogP contribution is -2.50. The minimum Gasteiger partial charge on any atom is -0.465 e. The summed E-state index contributed by atoms with van der Waals surface area (Å²) in [5, 5.41) is 13.0. The number of rotatable bonds is 4. The Bertz CT molecular complexity index is 780. The molecule has 0 fully saturated rings. The summed E-state index contributed by atoms with van der Waals surface area (Å²) >= 11 is 6.21. The Morgan fingerprint density at radius 3 is 2.19 bits per heavy atom. The molecule has 0 saturated heterocycles. The fourth-order valence-electron chi connectivity index (χ4n) is 2.82. The summed E-state index contributed by atoms with van der Waals surface area (Å²) in [4.78, 5) is 26.3. The number of nitrogens with zero attached hydrogens (tertiary/aromatic N) is 1. The number of amides is 2. The number of nitrogens with one attached hydrogen (secondary N) is 1. The van der Waals surface area contributed by atoms with Gasteiger partial charge < -0.3 is 10.4 Å². The van der Waals surface area contributed by atoms with Crippen LogP contribution in [-0.2, 0) is 4.79 Å². The largest absolute Gasteiger partial charge is 0.465 e. The highest BCUT2D eigenvalue weighted by molar-refractivity contribution is 6.34. The molecule has 0 aliphatic rings. The monoisotopic (exact) mass is 374 g/mol. The normalized spacial score (nSPS) is 12.3. The average molecular weight is 375 g/mol. The van der Waals surface area contributed by atoms with Gasteiger partial charge in [0, 0.05) is 5.54 Å². The third-order valence-corrected chi connectivity index (χ3v) is 4.34. The number of halogens is 1. The zero-order valence-corrected chi connectivity index (χ0v) is 16.0. The van der Waals surface area contributed by atoms with Crippen LogP contribution in [0.5, 0.6) is 0 Å². The van der Waals surface area contributed by atoms with Crippen molar-refractivity contribution in [1.82, 2.24) is 4.90 Å². The lowest BCUT2D eigenvalue weighted by atomic mass is 9.97.